The highest BCUT2D eigenvalue weighted by atomic mass is 32.1. The van der Waals surface area contributed by atoms with E-state index in [-0.39, 0.29) is 5.91 Å². The number of carbonyl (C=O) groups excluding carboxylic acids is 1. The molecule has 1 aromatic heterocycles. The molecule has 25 heavy (non-hydrogen) atoms. The van der Waals surface area contributed by atoms with Crippen LogP contribution < -0.4 is 14.8 Å². The van der Waals surface area contributed by atoms with Crippen molar-refractivity contribution < 1.29 is 24.2 Å². The molecule has 1 heterocycles. The van der Waals surface area contributed by atoms with Crippen molar-refractivity contribution in [1.29, 1.82) is 0 Å². The van der Waals surface area contributed by atoms with E-state index in [0.717, 1.165) is 10.7 Å². The van der Waals surface area contributed by atoms with Crippen LogP contribution in [-0.4, -0.2) is 41.7 Å². The minimum Gasteiger partial charge on any atom is -0.490 e. The van der Waals surface area contributed by atoms with E-state index < -0.39 is 12.6 Å². The van der Waals surface area contributed by atoms with Crippen molar-refractivity contribution in [2.75, 3.05) is 19.8 Å². The van der Waals surface area contributed by atoms with Gasteiger partial charge < -0.3 is 19.9 Å². The van der Waals surface area contributed by atoms with Gasteiger partial charge in [-0.1, -0.05) is 0 Å². The zero-order valence-electron chi connectivity index (χ0n) is 14.1. The van der Waals surface area contributed by atoms with Gasteiger partial charge in [0.05, 0.1) is 17.3 Å². The van der Waals surface area contributed by atoms with E-state index >= 15 is 0 Å². The average molecular weight is 364 g/mol. The van der Waals surface area contributed by atoms with Gasteiger partial charge in [-0.3, -0.25) is 4.79 Å². The third-order valence-corrected chi connectivity index (χ3v) is 4.01. The van der Waals surface area contributed by atoms with Crippen molar-refractivity contribution >= 4 is 23.2 Å². The zero-order valence-corrected chi connectivity index (χ0v) is 14.9. The Hall–Kier alpha value is -2.61. The van der Waals surface area contributed by atoms with Crippen molar-refractivity contribution in [2.45, 2.75) is 20.3 Å². The Labute approximate surface area is 149 Å². The third kappa shape index (κ3) is 5.75. The first-order chi connectivity index (χ1) is 12.0. The first kappa shape index (κ1) is 18.7. The molecule has 0 aliphatic heterocycles. The molecule has 0 unspecified atom stereocenters. The molecule has 0 fully saturated rings. The smallest absolute Gasteiger partial charge is 0.341 e. The van der Waals surface area contributed by atoms with Crippen LogP contribution in [0.1, 0.15) is 28.0 Å². The molecule has 2 N–H and O–H groups in total. The molecular weight excluding hydrogens is 344 g/mol. The largest absolute Gasteiger partial charge is 0.490 e. The summed E-state index contributed by atoms with van der Waals surface area (Å²) in [5, 5.41) is 14.5. The van der Waals surface area contributed by atoms with Gasteiger partial charge in [0, 0.05) is 23.9 Å². The molecule has 1 amide bonds. The highest BCUT2D eigenvalue weighted by molar-refractivity contribution is 7.09. The van der Waals surface area contributed by atoms with Crippen LogP contribution in [0.15, 0.2) is 23.6 Å². The Kier molecular flexibility index (Phi) is 6.76. The van der Waals surface area contributed by atoms with Crippen LogP contribution in [0.2, 0.25) is 0 Å². The molecule has 134 valence electrons. The number of nitrogens with zero attached hydrogens (tertiary/aromatic N) is 1. The number of aromatic nitrogens is 1. The number of benzene rings is 1. The number of thiazole rings is 1. The fourth-order valence-corrected chi connectivity index (χ4v) is 2.75. The molecule has 2 aromatic rings. The van der Waals surface area contributed by atoms with Gasteiger partial charge in [-0.05, 0) is 32.0 Å². The summed E-state index contributed by atoms with van der Waals surface area (Å²) in [4.78, 5) is 27.2. The van der Waals surface area contributed by atoms with E-state index in [2.05, 4.69) is 10.3 Å². The normalized spacial score (nSPS) is 10.3. The van der Waals surface area contributed by atoms with E-state index in [0.29, 0.717) is 36.6 Å². The quantitative estimate of drug-likeness (QED) is 0.708. The topological polar surface area (TPSA) is 97.8 Å². The number of carboxylic acids is 1. The molecule has 0 aliphatic rings. The van der Waals surface area contributed by atoms with E-state index in [9.17, 15) is 9.59 Å². The molecule has 0 atom stereocenters. The maximum absolute atomic E-state index is 12.3. The van der Waals surface area contributed by atoms with Crippen LogP contribution in [0.5, 0.6) is 11.5 Å². The fourth-order valence-electron chi connectivity index (χ4n) is 2.11. The standard InChI is InChI=1S/C17H20N2O5S/c1-3-23-15-8-12(4-5-14(15)24-9-16(20)21)17(22)18-7-6-13-10-25-11(2)19-13/h4-5,8,10H,3,6-7,9H2,1-2H3,(H,18,22)(H,20,21). The van der Waals surface area contributed by atoms with Gasteiger partial charge in [-0.15, -0.1) is 11.3 Å². The first-order valence-electron chi connectivity index (χ1n) is 7.80. The molecule has 2 rings (SSSR count). The number of amides is 1. The minimum atomic E-state index is -1.08. The van der Waals surface area contributed by atoms with Crippen molar-refractivity contribution in [3.63, 3.8) is 0 Å². The number of aryl methyl sites for hydroxylation is 1. The Morgan fingerprint density at radius 1 is 1.28 bits per heavy atom. The van der Waals surface area contributed by atoms with Gasteiger partial charge in [-0.25, -0.2) is 9.78 Å². The first-order valence-corrected chi connectivity index (χ1v) is 8.68. The van der Waals surface area contributed by atoms with E-state index in [4.69, 9.17) is 14.6 Å². The maximum Gasteiger partial charge on any atom is 0.341 e. The molecule has 0 bridgehead atoms. The molecule has 0 spiro atoms. The van der Waals surface area contributed by atoms with Crippen LogP contribution in [0.25, 0.3) is 0 Å². The summed E-state index contributed by atoms with van der Waals surface area (Å²) in [7, 11) is 0. The lowest BCUT2D eigenvalue weighted by molar-refractivity contribution is -0.139. The number of rotatable bonds is 9. The van der Waals surface area contributed by atoms with Gasteiger partial charge in [0.1, 0.15) is 0 Å². The summed E-state index contributed by atoms with van der Waals surface area (Å²) < 4.78 is 10.6. The van der Waals surface area contributed by atoms with Crippen LogP contribution in [0.4, 0.5) is 0 Å². The van der Waals surface area contributed by atoms with Crippen molar-refractivity contribution in [3.05, 3.63) is 39.8 Å². The van der Waals surface area contributed by atoms with Gasteiger partial charge in [0.15, 0.2) is 18.1 Å². The van der Waals surface area contributed by atoms with Gasteiger partial charge in [0.25, 0.3) is 5.91 Å². The summed E-state index contributed by atoms with van der Waals surface area (Å²) in [6.07, 6.45) is 0.661. The summed E-state index contributed by atoms with van der Waals surface area (Å²) in [6, 6.07) is 4.65. The summed E-state index contributed by atoms with van der Waals surface area (Å²) >= 11 is 1.58. The summed E-state index contributed by atoms with van der Waals surface area (Å²) in [6.45, 7) is 4.11. The minimum absolute atomic E-state index is 0.238. The predicted octanol–water partition coefficient (Wildman–Crippen LogP) is 2.29. The van der Waals surface area contributed by atoms with Crippen molar-refractivity contribution in [1.82, 2.24) is 10.3 Å². The number of aliphatic carboxylic acids is 1. The molecule has 0 aliphatic carbocycles. The van der Waals surface area contributed by atoms with E-state index in [1.807, 2.05) is 12.3 Å². The van der Waals surface area contributed by atoms with Crippen LogP contribution in [0, 0.1) is 6.92 Å². The Morgan fingerprint density at radius 3 is 2.72 bits per heavy atom. The lowest BCUT2D eigenvalue weighted by atomic mass is 10.2. The Bertz CT molecular complexity index is 744. The number of ether oxygens (including phenoxy) is 2. The van der Waals surface area contributed by atoms with Crippen LogP contribution >= 0.6 is 11.3 Å². The second-order valence-corrected chi connectivity index (χ2v) is 6.20. The van der Waals surface area contributed by atoms with E-state index in [1.165, 1.54) is 6.07 Å². The van der Waals surface area contributed by atoms with Crippen molar-refractivity contribution in [2.24, 2.45) is 0 Å². The Morgan fingerprint density at radius 2 is 2.08 bits per heavy atom. The second-order valence-electron chi connectivity index (χ2n) is 5.14. The van der Waals surface area contributed by atoms with Gasteiger partial charge >= 0.3 is 5.97 Å². The third-order valence-electron chi connectivity index (χ3n) is 3.19. The fraction of sp³-hybridized carbons (Fsp3) is 0.353. The maximum atomic E-state index is 12.3. The van der Waals surface area contributed by atoms with E-state index in [1.54, 1.807) is 30.4 Å². The zero-order chi connectivity index (χ0) is 18.2. The number of nitrogens with one attached hydrogen (secondary N) is 1. The summed E-state index contributed by atoms with van der Waals surface area (Å²) in [5.74, 6) is -0.690. The number of hydrogen-bond donors (Lipinski definition) is 2. The molecular formula is C17H20N2O5S. The lowest BCUT2D eigenvalue weighted by Gasteiger charge is -2.12. The SMILES string of the molecule is CCOc1cc(C(=O)NCCc2csc(C)n2)ccc1OCC(=O)O. The molecule has 1 aromatic carbocycles. The highest BCUT2D eigenvalue weighted by Gasteiger charge is 2.12. The molecule has 0 saturated carbocycles. The summed E-state index contributed by atoms with van der Waals surface area (Å²) in [5.41, 5.74) is 1.37. The van der Waals surface area contributed by atoms with Gasteiger partial charge in [0.2, 0.25) is 0 Å². The van der Waals surface area contributed by atoms with Crippen LogP contribution in [-0.2, 0) is 11.2 Å². The predicted molar refractivity (Wildman–Crippen MR) is 93.6 cm³/mol. The molecule has 8 heteroatoms. The van der Waals surface area contributed by atoms with Gasteiger partial charge in [-0.2, -0.15) is 0 Å². The van der Waals surface area contributed by atoms with Crippen molar-refractivity contribution in [3.8, 4) is 11.5 Å². The average Bonchev–Trinajstić information content (AvgIpc) is 2.99. The lowest BCUT2D eigenvalue weighted by Crippen LogP contribution is -2.25. The van der Waals surface area contributed by atoms with Crippen LogP contribution in [0.3, 0.4) is 0 Å². The Balaban J connectivity index is 1.98. The second kappa shape index (κ2) is 9.03. The highest BCUT2D eigenvalue weighted by Crippen LogP contribution is 2.28. The number of hydrogen-bond acceptors (Lipinski definition) is 6. The molecule has 7 nitrogen and oxygen atoms in total. The monoisotopic (exact) mass is 364 g/mol. The number of carbonyl (C=O) groups is 2. The molecule has 0 radical (unpaired) electrons. The molecule has 0 saturated heterocycles. The number of carboxylic acid groups (broad SMARTS) is 1.